The first-order valence-corrected chi connectivity index (χ1v) is 9.87. The summed E-state index contributed by atoms with van der Waals surface area (Å²) in [5.41, 5.74) is 1.20. The molecule has 4 rings (SSSR count). The number of anilines is 1. The quantitative estimate of drug-likeness (QED) is 0.341. The van der Waals surface area contributed by atoms with E-state index in [1.165, 1.54) is 35.9 Å². The highest BCUT2D eigenvalue weighted by molar-refractivity contribution is 7.19. The van der Waals surface area contributed by atoms with Crippen LogP contribution in [0.2, 0.25) is 0 Å². The van der Waals surface area contributed by atoms with Crippen molar-refractivity contribution >= 4 is 22.4 Å². The van der Waals surface area contributed by atoms with Crippen LogP contribution in [0.4, 0.5) is 18.3 Å². The Morgan fingerprint density at radius 2 is 1.58 bits per heavy atom. The van der Waals surface area contributed by atoms with Crippen molar-refractivity contribution in [2.75, 3.05) is 5.32 Å². The SMILES string of the molecule is O=C(Nc1nc(-c2ccc(C(F)(F)F)cc2)c(-c2cc[n+]([O-])cc2)s1)c1ccccc1. The van der Waals surface area contributed by atoms with E-state index in [9.17, 15) is 23.2 Å². The molecule has 0 bridgehead atoms. The minimum atomic E-state index is -4.45. The van der Waals surface area contributed by atoms with Crippen molar-refractivity contribution in [1.29, 1.82) is 0 Å². The normalized spacial score (nSPS) is 11.3. The first-order chi connectivity index (χ1) is 14.8. The molecule has 2 heterocycles. The molecule has 1 amide bonds. The number of carbonyl (C=O) groups is 1. The Kier molecular flexibility index (Phi) is 5.43. The monoisotopic (exact) mass is 441 g/mol. The highest BCUT2D eigenvalue weighted by Gasteiger charge is 2.30. The van der Waals surface area contributed by atoms with Gasteiger partial charge in [0, 0.05) is 28.8 Å². The number of thiazole rings is 1. The van der Waals surface area contributed by atoms with Gasteiger partial charge in [-0.1, -0.05) is 41.7 Å². The molecule has 4 aromatic rings. The Hall–Kier alpha value is -3.72. The van der Waals surface area contributed by atoms with Crippen molar-refractivity contribution in [2.24, 2.45) is 0 Å². The van der Waals surface area contributed by atoms with Crippen LogP contribution in [0.3, 0.4) is 0 Å². The highest BCUT2D eigenvalue weighted by atomic mass is 32.1. The maximum atomic E-state index is 12.9. The summed E-state index contributed by atoms with van der Waals surface area (Å²) >= 11 is 1.17. The molecule has 31 heavy (non-hydrogen) atoms. The van der Waals surface area contributed by atoms with Crippen LogP contribution in [0.25, 0.3) is 21.7 Å². The number of hydrogen-bond acceptors (Lipinski definition) is 4. The standard InChI is InChI=1S/C22H14F3N3O2S/c23-22(24,25)17-8-6-14(7-9-17)18-19(15-10-12-28(30)13-11-15)31-21(26-18)27-20(29)16-4-2-1-3-5-16/h1-13H,(H,26,27,29). The number of nitrogens with one attached hydrogen (secondary N) is 1. The zero-order valence-electron chi connectivity index (χ0n) is 15.8. The molecule has 2 aromatic heterocycles. The van der Waals surface area contributed by atoms with Gasteiger partial charge in [0.2, 0.25) is 0 Å². The number of pyridine rings is 1. The fraction of sp³-hybridized carbons (Fsp3) is 0.0455. The maximum Gasteiger partial charge on any atom is 0.416 e. The van der Waals surface area contributed by atoms with Crippen LogP contribution in [-0.2, 0) is 6.18 Å². The van der Waals surface area contributed by atoms with Gasteiger partial charge in [-0.3, -0.25) is 10.1 Å². The summed E-state index contributed by atoms with van der Waals surface area (Å²) in [5.74, 6) is -0.356. The van der Waals surface area contributed by atoms with Gasteiger partial charge in [-0.25, -0.2) is 4.98 Å². The molecule has 156 valence electrons. The topological polar surface area (TPSA) is 68.9 Å². The van der Waals surface area contributed by atoms with E-state index in [1.54, 1.807) is 42.5 Å². The molecule has 5 nitrogen and oxygen atoms in total. The lowest BCUT2D eigenvalue weighted by Crippen LogP contribution is -2.23. The predicted molar refractivity (Wildman–Crippen MR) is 111 cm³/mol. The van der Waals surface area contributed by atoms with Crippen LogP contribution < -0.4 is 10.0 Å². The molecular formula is C22H14F3N3O2S. The second-order valence-electron chi connectivity index (χ2n) is 6.54. The molecule has 0 unspecified atom stereocenters. The van der Waals surface area contributed by atoms with Crippen molar-refractivity contribution in [3.8, 4) is 21.7 Å². The molecule has 0 aliphatic rings. The second-order valence-corrected chi connectivity index (χ2v) is 7.54. The second kappa shape index (κ2) is 8.19. The maximum absolute atomic E-state index is 12.9. The van der Waals surface area contributed by atoms with E-state index in [2.05, 4.69) is 10.3 Å². The molecule has 0 fully saturated rings. The van der Waals surface area contributed by atoms with E-state index in [-0.39, 0.29) is 11.0 Å². The van der Waals surface area contributed by atoms with Crippen LogP contribution in [0.5, 0.6) is 0 Å². The largest absolute Gasteiger partial charge is 0.619 e. The zero-order chi connectivity index (χ0) is 22.0. The summed E-state index contributed by atoms with van der Waals surface area (Å²) in [6.45, 7) is 0. The number of hydrogen-bond donors (Lipinski definition) is 1. The average Bonchev–Trinajstić information content (AvgIpc) is 3.18. The molecule has 0 radical (unpaired) electrons. The molecule has 0 atom stereocenters. The van der Waals surface area contributed by atoms with Gasteiger partial charge in [-0.2, -0.15) is 17.9 Å². The van der Waals surface area contributed by atoms with Crippen molar-refractivity contribution in [3.05, 3.63) is 95.5 Å². The number of aromatic nitrogens is 2. The molecule has 0 saturated carbocycles. The van der Waals surface area contributed by atoms with Gasteiger partial charge >= 0.3 is 6.18 Å². The molecule has 2 aromatic carbocycles. The van der Waals surface area contributed by atoms with Crippen LogP contribution in [0.1, 0.15) is 15.9 Å². The van der Waals surface area contributed by atoms with Gasteiger partial charge in [-0.15, -0.1) is 0 Å². The Morgan fingerprint density at radius 1 is 0.935 bits per heavy atom. The molecule has 0 spiro atoms. The molecule has 1 N–H and O–H groups in total. The number of alkyl halides is 3. The van der Waals surface area contributed by atoms with Crippen LogP contribution in [-0.4, -0.2) is 10.9 Å². The van der Waals surface area contributed by atoms with E-state index >= 15 is 0 Å². The van der Waals surface area contributed by atoms with Crippen LogP contribution in [0.15, 0.2) is 79.1 Å². The van der Waals surface area contributed by atoms with E-state index in [0.29, 0.717) is 32.0 Å². The third kappa shape index (κ3) is 4.56. The third-order valence-corrected chi connectivity index (χ3v) is 5.45. The molecule has 9 heteroatoms. The fourth-order valence-corrected chi connectivity index (χ4v) is 3.89. The van der Waals surface area contributed by atoms with Gasteiger partial charge in [-0.05, 0) is 24.3 Å². The lowest BCUT2D eigenvalue weighted by Gasteiger charge is -2.07. The van der Waals surface area contributed by atoms with Crippen molar-refractivity contribution in [2.45, 2.75) is 6.18 Å². The summed E-state index contributed by atoms with van der Waals surface area (Å²) in [6.07, 6.45) is -1.82. The average molecular weight is 441 g/mol. The van der Waals surface area contributed by atoms with Crippen LogP contribution in [0, 0.1) is 5.21 Å². The molecule has 0 aliphatic carbocycles. The minimum Gasteiger partial charge on any atom is -0.619 e. The molecular weight excluding hydrogens is 427 g/mol. The smallest absolute Gasteiger partial charge is 0.416 e. The Labute approximate surface area is 179 Å². The lowest BCUT2D eigenvalue weighted by molar-refractivity contribution is -0.605. The summed E-state index contributed by atoms with van der Waals surface area (Å²) in [7, 11) is 0. The van der Waals surface area contributed by atoms with E-state index in [4.69, 9.17) is 0 Å². The van der Waals surface area contributed by atoms with Gasteiger partial charge in [0.1, 0.15) is 0 Å². The van der Waals surface area contributed by atoms with E-state index < -0.39 is 11.7 Å². The number of nitrogens with zero attached hydrogens (tertiary/aromatic N) is 2. The molecule has 0 saturated heterocycles. The number of benzene rings is 2. The summed E-state index contributed by atoms with van der Waals surface area (Å²) in [5, 5.41) is 14.4. The lowest BCUT2D eigenvalue weighted by atomic mass is 10.1. The number of halogens is 3. The summed E-state index contributed by atoms with van der Waals surface area (Å²) in [4.78, 5) is 17.6. The highest BCUT2D eigenvalue weighted by Crippen LogP contribution is 2.40. The first kappa shape index (κ1) is 20.5. The predicted octanol–water partition coefficient (Wildman–Crippen LogP) is 5.38. The van der Waals surface area contributed by atoms with Crippen molar-refractivity contribution < 1.29 is 22.7 Å². The Balaban J connectivity index is 1.74. The Morgan fingerprint density at radius 3 is 2.19 bits per heavy atom. The first-order valence-electron chi connectivity index (χ1n) is 9.05. The van der Waals surface area contributed by atoms with Gasteiger partial charge in [0.25, 0.3) is 5.91 Å². The number of rotatable bonds is 4. The summed E-state index contributed by atoms with van der Waals surface area (Å²) < 4.78 is 39.4. The summed E-state index contributed by atoms with van der Waals surface area (Å²) in [6, 6.07) is 16.4. The molecule has 0 aliphatic heterocycles. The van der Waals surface area contributed by atoms with Crippen LogP contribution >= 0.6 is 11.3 Å². The van der Waals surface area contributed by atoms with Crippen molar-refractivity contribution in [1.82, 2.24) is 4.98 Å². The third-order valence-electron chi connectivity index (χ3n) is 4.43. The van der Waals surface area contributed by atoms with E-state index in [0.717, 1.165) is 12.1 Å². The zero-order valence-corrected chi connectivity index (χ0v) is 16.6. The Bertz CT molecular complexity index is 1210. The van der Waals surface area contributed by atoms with Gasteiger partial charge in [0.05, 0.1) is 16.1 Å². The van der Waals surface area contributed by atoms with E-state index in [1.807, 2.05) is 0 Å². The van der Waals surface area contributed by atoms with Crippen molar-refractivity contribution in [3.63, 3.8) is 0 Å². The fourth-order valence-electron chi connectivity index (χ4n) is 2.90. The number of amides is 1. The van der Waals surface area contributed by atoms with Gasteiger partial charge in [0.15, 0.2) is 17.5 Å². The minimum absolute atomic E-state index is 0.289. The number of carbonyl (C=O) groups excluding carboxylic acids is 1. The van der Waals surface area contributed by atoms with Gasteiger partial charge < -0.3 is 5.21 Å².